The lowest BCUT2D eigenvalue weighted by atomic mass is 10.2. The summed E-state index contributed by atoms with van der Waals surface area (Å²) in [4.78, 5) is 40.1. The minimum atomic E-state index is -0.461. The molecule has 1 aromatic heterocycles. The topological polar surface area (TPSA) is 105 Å². The predicted molar refractivity (Wildman–Crippen MR) is 115 cm³/mol. The average Bonchev–Trinajstić information content (AvgIpc) is 3.46. The van der Waals surface area contributed by atoms with Crippen LogP contribution in [-0.4, -0.2) is 49.7 Å². The maximum Gasteiger partial charge on any atom is 0.414 e. The first kappa shape index (κ1) is 20.5. The van der Waals surface area contributed by atoms with Gasteiger partial charge in [0, 0.05) is 17.9 Å². The third kappa shape index (κ3) is 4.22. The minimum Gasteiger partial charge on any atom is -0.442 e. The van der Waals surface area contributed by atoms with Gasteiger partial charge in [-0.05, 0) is 49.2 Å². The number of halogens is 1. The van der Waals surface area contributed by atoms with Gasteiger partial charge in [0.25, 0.3) is 5.91 Å². The Morgan fingerprint density at radius 3 is 2.60 bits per heavy atom. The Kier molecular flexibility index (Phi) is 5.83. The average molecular weight is 449 g/mol. The zero-order valence-corrected chi connectivity index (χ0v) is 17.6. The molecule has 2 saturated heterocycles. The van der Waals surface area contributed by atoms with Crippen LogP contribution in [0.3, 0.4) is 0 Å². The SMILES string of the molecule is NC(=O)[C@@H]1CCCN1c1ccc(N2CC(CNC(=O)c3ccc(Cl)s3)OC2=O)cc1. The predicted octanol–water partition coefficient (Wildman–Crippen LogP) is 2.61. The summed E-state index contributed by atoms with van der Waals surface area (Å²) in [6, 6.07) is 10.4. The van der Waals surface area contributed by atoms with Crippen molar-refractivity contribution in [1.82, 2.24) is 5.32 Å². The van der Waals surface area contributed by atoms with Crippen LogP contribution in [0.5, 0.6) is 0 Å². The number of thiophene rings is 1. The van der Waals surface area contributed by atoms with E-state index in [2.05, 4.69) is 5.32 Å². The zero-order chi connectivity index (χ0) is 21.3. The second kappa shape index (κ2) is 8.53. The molecule has 2 aromatic rings. The van der Waals surface area contributed by atoms with Crippen LogP contribution in [0, 0.1) is 0 Å². The zero-order valence-electron chi connectivity index (χ0n) is 16.0. The van der Waals surface area contributed by atoms with Crippen LogP contribution >= 0.6 is 22.9 Å². The fourth-order valence-corrected chi connectivity index (χ4v) is 4.72. The van der Waals surface area contributed by atoms with E-state index in [1.54, 1.807) is 12.1 Å². The Morgan fingerprint density at radius 2 is 1.93 bits per heavy atom. The fraction of sp³-hybridized carbons (Fsp3) is 0.350. The van der Waals surface area contributed by atoms with Crippen molar-refractivity contribution in [1.29, 1.82) is 0 Å². The molecule has 3 amide bonds. The van der Waals surface area contributed by atoms with Crippen molar-refractivity contribution in [3.05, 3.63) is 45.6 Å². The number of rotatable bonds is 6. The Balaban J connectivity index is 1.36. The number of ether oxygens (including phenoxy) is 1. The molecule has 30 heavy (non-hydrogen) atoms. The molecule has 3 heterocycles. The first-order chi connectivity index (χ1) is 14.4. The quantitative estimate of drug-likeness (QED) is 0.706. The summed E-state index contributed by atoms with van der Waals surface area (Å²) in [5.41, 5.74) is 7.08. The highest BCUT2D eigenvalue weighted by Gasteiger charge is 2.33. The highest BCUT2D eigenvalue weighted by Crippen LogP contribution is 2.29. The summed E-state index contributed by atoms with van der Waals surface area (Å²) in [7, 11) is 0. The van der Waals surface area contributed by atoms with E-state index >= 15 is 0 Å². The molecule has 4 rings (SSSR count). The number of nitrogens with zero attached hydrogens (tertiary/aromatic N) is 2. The van der Waals surface area contributed by atoms with Gasteiger partial charge in [0.05, 0.1) is 22.3 Å². The van der Waals surface area contributed by atoms with E-state index in [4.69, 9.17) is 22.1 Å². The summed E-state index contributed by atoms with van der Waals surface area (Å²) in [6.45, 7) is 1.32. The number of nitrogens with one attached hydrogen (secondary N) is 1. The van der Waals surface area contributed by atoms with Crippen LogP contribution in [0.25, 0.3) is 0 Å². The standard InChI is InChI=1S/C20H21ClN4O4S/c21-17-8-7-16(30-17)19(27)23-10-14-11-25(20(28)29-14)13-5-3-12(4-6-13)24-9-1-2-15(24)18(22)26/h3-8,14-15H,1-2,9-11H2,(H2,22,26)(H,23,27)/t14?,15-/m0/s1. The molecule has 1 aromatic carbocycles. The Bertz CT molecular complexity index is 964. The van der Waals surface area contributed by atoms with Crippen LogP contribution in [-0.2, 0) is 9.53 Å². The molecule has 3 N–H and O–H groups in total. The van der Waals surface area contributed by atoms with Gasteiger partial charge < -0.3 is 20.7 Å². The molecule has 0 saturated carbocycles. The Morgan fingerprint density at radius 1 is 1.20 bits per heavy atom. The van der Waals surface area contributed by atoms with E-state index in [1.807, 2.05) is 29.2 Å². The van der Waals surface area contributed by atoms with Crippen LogP contribution in [0.15, 0.2) is 36.4 Å². The van der Waals surface area contributed by atoms with E-state index in [-0.39, 0.29) is 24.4 Å². The highest BCUT2D eigenvalue weighted by atomic mass is 35.5. The molecule has 158 valence electrons. The molecular weight excluding hydrogens is 428 g/mol. The Hall–Kier alpha value is -2.78. The number of carbonyl (C=O) groups excluding carboxylic acids is 3. The minimum absolute atomic E-state index is 0.211. The largest absolute Gasteiger partial charge is 0.442 e. The lowest BCUT2D eigenvalue weighted by Gasteiger charge is -2.25. The number of nitrogens with two attached hydrogens (primary N) is 1. The smallest absolute Gasteiger partial charge is 0.414 e. The van der Waals surface area contributed by atoms with Crippen molar-refractivity contribution in [2.24, 2.45) is 5.73 Å². The Labute approximate surface area is 182 Å². The molecule has 1 unspecified atom stereocenters. The monoisotopic (exact) mass is 448 g/mol. The molecule has 0 radical (unpaired) electrons. The number of primary amides is 1. The summed E-state index contributed by atoms with van der Waals surface area (Å²) < 4.78 is 5.92. The van der Waals surface area contributed by atoms with Crippen LogP contribution in [0.2, 0.25) is 4.34 Å². The molecule has 2 aliphatic heterocycles. The first-order valence-corrected chi connectivity index (χ1v) is 10.8. The van der Waals surface area contributed by atoms with Crippen LogP contribution < -0.4 is 20.9 Å². The first-order valence-electron chi connectivity index (χ1n) is 9.60. The highest BCUT2D eigenvalue weighted by molar-refractivity contribution is 7.18. The maximum atomic E-state index is 12.3. The normalized spacial score (nSPS) is 21.0. The summed E-state index contributed by atoms with van der Waals surface area (Å²) >= 11 is 7.04. The van der Waals surface area contributed by atoms with Gasteiger partial charge in [-0.25, -0.2) is 4.79 Å². The van der Waals surface area contributed by atoms with Gasteiger partial charge in [-0.15, -0.1) is 11.3 Å². The van der Waals surface area contributed by atoms with E-state index in [9.17, 15) is 14.4 Å². The number of benzene rings is 1. The molecular formula is C20H21ClN4O4S. The van der Waals surface area contributed by atoms with Gasteiger partial charge in [-0.1, -0.05) is 11.6 Å². The van der Waals surface area contributed by atoms with Gasteiger partial charge >= 0.3 is 6.09 Å². The van der Waals surface area contributed by atoms with E-state index in [0.29, 0.717) is 21.4 Å². The summed E-state index contributed by atoms with van der Waals surface area (Å²) in [6.07, 6.45) is 0.756. The van der Waals surface area contributed by atoms with Crippen molar-refractivity contribution < 1.29 is 19.1 Å². The number of cyclic esters (lactones) is 1. The molecule has 2 aliphatic rings. The second-order valence-electron chi connectivity index (χ2n) is 7.20. The van der Waals surface area contributed by atoms with Crippen LogP contribution in [0.1, 0.15) is 22.5 Å². The third-order valence-electron chi connectivity index (χ3n) is 5.24. The van der Waals surface area contributed by atoms with Crippen molar-refractivity contribution in [2.45, 2.75) is 25.0 Å². The molecule has 0 spiro atoms. The molecule has 0 aliphatic carbocycles. The van der Waals surface area contributed by atoms with Crippen molar-refractivity contribution in [3.63, 3.8) is 0 Å². The number of carbonyl (C=O) groups is 3. The molecule has 2 atom stereocenters. The molecule has 2 fully saturated rings. The van der Waals surface area contributed by atoms with Crippen molar-refractivity contribution in [3.8, 4) is 0 Å². The van der Waals surface area contributed by atoms with E-state index in [1.165, 1.54) is 16.2 Å². The fourth-order valence-electron chi connectivity index (χ4n) is 3.76. The van der Waals surface area contributed by atoms with Crippen LogP contribution in [0.4, 0.5) is 16.2 Å². The van der Waals surface area contributed by atoms with Crippen molar-refractivity contribution >= 4 is 52.2 Å². The van der Waals surface area contributed by atoms with Gasteiger partial charge in [0.1, 0.15) is 12.1 Å². The number of hydrogen-bond donors (Lipinski definition) is 2. The van der Waals surface area contributed by atoms with Gasteiger partial charge in [0.2, 0.25) is 5.91 Å². The maximum absolute atomic E-state index is 12.3. The van der Waals surface area contributed by atoms with E-state index < -0.39 is 12.2 Å². The van der Waals surface area contributed by atoms with E-state index in [0.717, 1.165) is 25.1 Å². The summed E-state index contributed by atoms with van der Waals surface area (Å²) in [5.74, 6) is -0.574. The van der Waals surface area contributed by atoms with Gasteiger partial charge in [-0.3, -0.25) is 14.5 Å². The lowest BCUT2D eigenvalue weighted by molar-refractivity contribution is -0.119. The molecule has 8 nitrogen and oxygen atoms in total. The number of amides is 3. The van der Waals surface area contributed by atoms with Crippen molar-refractivity contribution in [2.75, 3.05) is 29.4 Å². The molecule has 10 heteroatoms. The summed E-state index contributed by atoms with van der Waals surface area (Å²) in [5, 5.41) is 2.77. The van der Waals surface area contributed by atoms with Gasteiger partial charge in [0.15, 0.2) is 0 Å². The number of hydrogen-bond acceptors (Lipinski definition) is 6. The second-order valence-corrected chi connectivity index (χ2v) is 8.92. The van der Waals surface area contributed by atoms with Gasteiger partial charge in [-0.2, -0.15) is 0 Å². The number of anilines is 2. The third-order valence-corrected chi connectivity index (χ3v) is 6.47. The molecule has 0 bridgehead atoms. The lowest BCUT2D eigenvalue weighted by Crippen LogP contribution is -2.40.